The van der Waals surface area contributed by atoms with Crippen LogP contribution in [0.5, 0.6) is 0 Å². The van der Waals surface area contributed by atoms with Gasteiger partial charge in [-0.25, -0.2) is 4.98 Å². The number of nitrogens with zero attached hydrogens (tertiary/aromatic N) is 1. The molecule has 0 radical (unpaired) electrons. The second kappa shape index (κ2) is 9.39. The summed E-state index contributed by atoms with van der Waals surface area (Å²) in [6, 6.07) is 24.5. The van der Waals surface area contributed by atoms with Crippen molar-refractivity contribution in [1.82, 2.24) is 4.98 Å². The highest BCUT2D eigenvalue weighted by molar-refractivity contribution is 7.99. The van der Waals surface area contributed by atoms with E-state index in [1.165, 1.54) is 11.8 Å². The largest absolute Gasteiger partial charge is 0.431 e. The van der Waals surface area contributed by atoms with Crippen molar-refractivity contribution in [3.05, 3.63) is 88.9 Å². The van der Waals surface area contributed by atoms with Crippen LogP contribution in [0.1, 0.15) is 0 Å². The molecule has 4 rings (SSSR count). The van der Waals surface area contributed by atoms with E-state index in [0.717, 1.165) is 16.8 Å². The van der Waals surface area contributed by atoms with E-state index in [2.05, 4.69) is 10.3 Å². The van der Waals surface area contributed by atoms with Crippen LogP contribution in [0.25, 0.3) is 22.6 Å². The first-order valence-electron chi connectivity index (χ1n) is 9.09. The van der Waals surface area contributed by atoms with Gasteiger partial charge in [-0.15, -0.1) is 0 Å². The molecule has 7 heteroatoms. The Morgan fingerprint density at radius 3 is 2.13 bits per heavy atom. The Balaban J connectivity index is 1.53. The number of oxazole rings is 1. The molecule has 0 fully saturated rings. The maximum atomic E-state index is 12.4. The van der Waals surface area contributed by atoms with E-state index < -0.39 is 0 Å². The number of carbonyl (C=O) groups is 1. The molecule has 0 aliphatic rings. The van der Waals surface area contributed by atoms with Crippen LogP contribution in [0.3, 0.4) is 0 Å². The Kier molecular flexibility index (Phi) is 6.43. The van der Waals surface area contributed by atoms with E-state index >= 15 is 0 Å². The molecule has 0 aliphatic carbocycles. The van der Waals surface area contributed by atoms with E-state index in [-0.39, 0.29) is 11.7 Å². The van der Waals surface area contributed by atoms with Crippen molar-refractivity contribution in [3.63, 3.8) is 0 Å². The Morgan fingerprint density at radius 1 is 0.900 bits per heavy atom. The number of rotatable bonds is 6. The fourth-order valence-corrected chi connectivity index (χ4v) is 4.04. The molecule has 0 saturated carbocycles. The van der Waals surface area contributed by atoms with Crippen molar-refractivity contribution in [2.45, 2.75) is 5.22 Å². The van der Waals surface area contributed by atoms with Gasteiger partial charge in [-0.2, -0.15) is 0 Å². The van der Waals surface area contributed by atoms with Gasteiger partial charge in [-0.05, 0) is 18.2 Å². The number of amides is 1. The average Bonchev–Trinajstić information content (AvgIpc) is 3.17. The number of thioether (sulfide) groups is 1. The summed E-state index contributed by atoms with van der Waals surface area (Å²) in [7, 11) is 0. The number of carbonyl (C=O) groups excluding carboxylic acids is 1. The summed E-state index contributed by atoms with van der Waals surface area (Å²) in [6.45, 7) is 0. The van der Waals surface area contributed by atoms with Crippen molar-refractivity contribution < 1.29 is 9.21 Å². The molecule has 0 saturated heterocycles. The van der Waals surface area contributed by atoms with E-state index in [1.54, 1.807) is 18.2 Å². The Labute approximate surface area is 188 Å². The van der Waals surface area contributed by atoms with Gasteiger partial charge in [0.15, 0.2) is 5.76 Å². The molecule has 0 aliphatic heterocycles. The zero-order valence-electron chi connectivity index (χ0n) is 15.6. The van der Waals surface area contributed by atoms with Gasteiger partial charge >= 0.3 is 0 Å². The summed E-state index contributed by atoms with van der Waals surface area (Å²) < 4.78 is 6.02. The number of anilines is 1. The fraction of sp³-hybridized carbons (Fsp3) is 0.0435. The number of benzene rings is 3. The minimum Gasteiger partial charge on any atom is -0.431 e. The first-order chi connectivity index (χ1) is 14.6. The van der Waals surface area contributed by atoms with E-state index in [1.807, 2.05) is 60.7 Å². The summed E-state index contributed by atoms with van der Waals surface area (Å²) in [5.74, 6) is 0.595. The molecule has 0 bridgehead atoms. The van der Waals surface area contributed by atoms with Crippen molar-refractivity contribution in [2.24, 2.45) is 0 Å². The van der Waals surface area contributed by atoms with Crippen LogP contribution >= 0.6 is 35.0 Å². The van der Waals surface area contributed by atoms with E-state index in [0.29, 0.717) is 26.7 Å². The third-order valence-electron chi connectivity index (χ3n) is 4.16. The van der Waals surface area contributed by atoms with Gasteiger partial charge in [0.1, 0.15) is 5.69 Å². The predicted octanol–water partition coefficient (Wildman–Crippen LogP) is 7.05. The average molecular weight is 455 g/mol. The van der Waals surface area contributed by atoms with Crippen LogP contribution in [-0.2, 0) is 4.79 Å². The molecule has 30 heavy (non-hydrogen) atoms. The fourth-order valence-electron chi connectivity index (χ4n) is 2.89. The summed E-state index contributed by atoms with van der Waals surface area (Å²) in [5.41, 5.74) is 3.16. The number of aromatic nitrogens is 1. The van der Waals surface area contributed by atoms with Gasteiger partial charge in [-0.3, -0.25) is 4.79 Å². The normalized spacial score (nSPS) is 10.7. The van der Waals surface area contributed by atoms with Crippen LogP contribution in [0.2, 0.25) is 10.0 Å². The third-order valence-corrected chi connectivity index (χ3v) is 5.43. The summed E-state index contributed by atoms with van der Waals surface area (Å²) in [4.78, 5) is 17.0. The lowest BCUT2D eigenvalue weighted by atomic mass is 10.1. The number of hydrogen-bond acceptors (Lipinski definition) is 4. The van der Waals surface area contributed by atoms with Crippen molar-refractivity contribution in [2.75, 3.05) is 11.1 Å². The van der Waals surface area contributed by atoms with Gasteiger partial charge in [0.25, 0.3) is 5.22 Å². The summed E-state index contributed by atoms with van der Waals surface area (Å²) >= 11 is 13.2. The van der Waals surface area contributed by atoms with Crippen molar-refractivity contribution in [1.29, 1.82) is 0 Å². The molecule has 1 amide bonds. The van der Waals surface area contributed by atoms with Crippen LogP contribution in [0.4, 0.5) is 5.69 Å². The zero-order chi connectivity index (χ0) is 20.9. The lowest BCUT2D eigenvalue weighted by molar-refractivity contribution is -0.113. The lowest BCUT2D eigenvalue weighted by Crippen LogP contribution is -2.13. The SMILES string of the molecule is O=C(CSc1nc(-c2ccccc2)c(-c2ccccc2)o1)Nc1cc(Cl)cc(Cl)c1. The highest BCUT2D eigenvalue weighted by atomic mass is 35.5. The molecule has 0 unspecified atom stereocenters. The van der Waals surface area contributed by atoms with Gasteiger partial charge < -0.3 is 9.73 Å². The first kappa shape index (κ1) is 20.5. The van der Waals surface area contributed by atoms with Gasteiger partial charge in [0.2, 0.25) is 5.91 Å². The number of nitrogens with one attached hydrogen (secondary N) is 1. The first-order valence-corrected chi connectivity index (χ1v) is 10.8. The Morgan fingerprint density at radius 2 is 1.50 bits per heavy atom. The van der Waals surface area contributed by atoms with Crippen molar-refractivity contribution in [3.8, 4) is 22.6 Å². The molecule has 4 nitrogen and oxygen atoms in total. The Hall–Kier alpha value is -2.73. The second-order valence-electron chi connectivity index (χ2n) is 6.38. The standard InChI is InChI=1S/C23H16Cl2N2O2S/c24-17-11-18(25)13-19(12-17)26-20(28)14-30-23-27-21(15-7-3-1-4-8-15)22(29-23)16-9-5-2-6-10-16/h1-13H,14H2,(H,26,28). The molecule has 150 valence electrons. The highest BCUT2D eigenvalue weighted by Crippen LogP contribution is 2.35. The molecular weight excluding hydrogens is 439 g/mol. The minimum absolute atomic E-state index is 0.132. The monoisotopic (exact) mass is 454 g/mol. The zero-order valence-corrected chi connectivity index (χ0v) is 18.0. The topological polar surface area (TPSA) is 55.1 Å². The maximum Gasteiger partial charge on any atom is 0.257 e. The summed E-state index contributed by atoms with van der Waals surface area (Å²) in [5, 5.41) is 4.12. The van der Waals surface area contributed by atoms with Crippen LogP contribution in [0, 0.1) is 0 Å². The predicted molar refractivity (Wildman–Crippen MR) is 123 cm³/mol. The van der Waals surface area contributed by atoms with Gasteiger partial charge in [0, 0.05) is 26.9 Å². The smallest absolute Gasteiger partial charge is 0.257 e. The van der Waals surface area contributed by atoms with Crippen LogP contribution in [-0.4, -0.2) is 16.6 Å². The Bertz CT molecular complexity index is 1090. The molecule has 1 aromatic heterocycles. The second-order valence-corrected chi connectivity index (χ2v) is 8.18. The maximum absolute atomic E-state index is 12.4. The summed E-state index contributed by atoms with van der Waals surface area (Å²) in [6.07, 6.45) is 0. The minimum atomic E-state index is -0.209. The number of halogens is 2. The molecule has 0 atom stereocenters. The molecule has 0 spiro atoms. The van der Waals surface area contributed by atoms with Crippen LogP contribution < -0.4 is 5.32 Å². The molecule has 1 heterocycles. The molecular formula is C23H16Cl2N2O2S. The highest BCUT2D eigenvalue weighted by Gasteiger charge is 2.18. The van der Waals surface area contributed by atoms with E-state index in [4.69, 9.17) is 27.6 Å². The molecule has 4 aromatic rings. The van der Waals surface area contributed by atoms with Crippen molar-refractivity contribution >= 4 is 46.6 Å². The van der Waals surface area contributed by atoms with Crippen LogP contribution in [0.15, 0.2) is 88.5 Å². The van der Waals surface area contributed by atoms with Gasteiger partial charge in [-0.1, -0.05) is 95.6 Å². The lowest BCUT2D eigenvalue weighted by Gasteiger charge is -2.05. The van der Waals surface area contributed by atoms with Gasteiger partial charge in [0.05, 0.1) is 5.75 Å². The third kappa shape index (κ3) is 5.05. The quantitative estimate of drug-likeness (QED) is 0.317. The molecule has 1 N–H and O–H groups in total. The van der Waals surface area contributed by atoms with E-state index in [9.17, 15) is 4.79 Å². The molecule has 3 aromatic carbocycles. The number of hydrogen-bond donors (Lipinski definition) is 1.